The lowest BCUT2D eigenvalue weighted by Gasteiger charge is -2.04. The molecule has 0 saturated heterocycles. The van der Waals surface area contributed by atoms with E-state index in [1.807, 2.05) is 36.4 Å². The standard InChI is InChI=1S/C14H18N2O2/c15-10-4-9-13(14(17)18)16-11-5-8-12-6-2-1-3-7-12/h1-3,5-8,11,13H,4,9-10,15H2,(H,17,18)/b8-5+,16-11?. The summed E-state index contributed by atoms with van der Waals surface area (Å²) in [7, 11) is 0. The Bertz CT molecular complexity index is 413. The average molecular weight is 246 g/mol. The molecule has 3 N–H and O–H groups in total. The zero-order valence-corrected chi connectivity index (χ0v) is 10.2. The van der Waals surface area contributed by atoms with E-state index < -0.39 is 12.0 Å². The maximum Gasteiger partial charge on any atom is 0.328 e. The minimum absolute atomic E-state index is 0.474. The molecule has 0 aliphatic carbocycles. The van der Waals surface area contributed by atoms with Crippen molar-refractivity contribution in [3.05, 3.63) is 42.0 Å². The fraction of sp³-hybridized carbons (Fsp3) is 0.286. The van der Waals surface area contributed by atoms with Gasteiger partial charge in [-0.2, -0.15) is 0 Å². The number of carboxylic acids is 1. The van der Waals surface area contributed by atoms with E-state index in [-0.39, 0.29) is 0 Å². The van der Waals surface area contributed by atoms with Gasteiger partial charge in [0.05, 0.1) is 0 Å². The number of allylic oxidation sites excluding steroid dienone is 1. The van der Waals surface area contributed by atoms with Crippen LogP contribution in [0.2, 0.25) is 0 Å². The second-order valence-electron chi connectivity index (χ2n) is 3.85. The van der Waals surface area contributed by atoms with E-state index in [4.69, 9.17) is 10.8 Å². The van der Waals surface area contributed by atoms with Crippen molar-refractivity contribution < 1.29 is 9.90 Å². The fourth-order valence-electron chi connectivity index (χ4n) is 1.44. The number of aliphatic imine (C=N–C) groups is 1. The van der Waals surface area contributed by atoms with Crippen molar-refractivity contribution in [2.45, 2.75) is 18.9 Å². The summed E-state index contributed by atoms with van der Waals surface area (Å²) < 4.78 is 0. The van der Waals surface area contributed by atoms with E-state index in [1.165, 1.54) is 6.21 Å². The van der Waals surface area contributed by atoms with E-state index >= 15 is 0 Å². The molecule has 4 heteroatoms. The maximum absolute atomic E-state index is 10.9. The van der Waals surface area contributed by atoms with E-state index in [0.717, 1.165) is 5.56 Å². The van der Waals surface area contributed by atoms with Gasteiger partial charge in [0.25, 0.3) is 0 Å². The fourth-order valence-corrected chi connectivity index (χ4v) is 1.44. The molecule has 0 aliphatic heterocycles. The van der Waals surface area contributed by atoms with Gasteiger partial charge in [-0.25, -0.2) is 4.79 Å². The van der Waals surface area contributed by atoms with Crippen molar-refractivity contribution in [3.63, 3.8) is 0 Å². The normalized spacial score (nSPS) is 13.2. The summed E-state index contributed by atoms with van der Waals surface area (Å²) in [6.45, 7) is 0.485. The Kier molecular flexibility index (Phi) is 6.43. The van der Waals surface area contributed by atoms with Gasteiger partial charge in [-0.05, 0) is 31.0 Å². The third kappa shape index (κ3) is 5.41. The van der Waals surface area contributed by atoms with Crippen molar-refractivity contribution in [1.82, 2.24) is 0 Å². The molecule has 1 aromatic rings. The zero-order chi connectivity index (χ0) is 13.2. The first-order valence-corrected chi connectivity index (χ1v) is 5.92. The minimum Gasteiger partial charge on any atom is -0.480 e. The number of nitrogens with two attached hydrogens (primary N) is 1. The van der Waals surface area contributed by atoms with E-state index in [9.17, 15) is 4.79 Å². The van der Waals surface area contributed by atoms with Crippen LogP contribution in [0.25, 0.3) is 6.08 Å². The highest BCUT2D eigenvalue weighted by Gasteiger charge is 2.13. The molecule has 0 aromatic heterocycles. The Labute approximate surface area is 107 Å². The third-order valence-electron chi connectivity index (χ3n) is 2.41. The molecule has 0 saturated carbocycles. The van der Waals surface area contributed by atoms with Gasteiger partial charge in [-0.1, -0.05) is 36.4 Å². The van der Waals surface area contributed by atoms with Crippen molar-refractivity contribution in [3.8, 4) is 0 Å². The molecule has 0 fully saturated rings. The predicted molar refractivity (Wildman–Crippen MR) is 73.7 cm³/mol. The second-order valence-corrected chi connectivity index (χ2v) is 3.85. The largest absolute Gasteiger partial charge is 0.480 e. The lowest BCUT2D eigenvalue weighted by Crippen LogP contribution is -2.19. The smallest absolute Gasteiger partial charge is 0.328 e. The van der Waals surface area contributed by atoms with Crippen LogP contribution in [0.1, 0.15) is 18.4 Å². The molecule has 1 aromatic carbocycles. The van der Waals surface area contributed by atoms with Crippen molar-refractivity contribution >= 4 is 18.3 Å². The molecule has 1 atom stereocenters. The second kappa shape index (κ2) is 8.20. The summed E-state index contributed by atoms with van der Waals surface area (Å²) in [6.07, 6.45) is 6.29. The molecule has 1 unspecified atom stereocenters. The van der Waals surface area contributed by atoms with E-state index in [1.54, 1.807) is 6.08 Å². The number of hydrogen-bond acceptors (Lipinski definition) is 3. The predicted octanol–water partition coefficient (Wildman–Crippen LogP) is 1.96. The number of nitrogens with zero attached hydrogens (tertiary/aromatic N) is 1. The topological polar surface area (TPSA) is 75.7 Å². The van der Waals surface area contributed by atoms with Crippen LogP contribution in [0, 0.1) is 0 Å². The molecule has 1 rings (SSSR count). The first-order valence-electron chi connectivity index (χ1n) is 5.92. The van der Waals surface area contributed by atoms with Crippen LogP contribution in [-0.2, 0) is 4.79 Å². The average Bonchev–Trinajstić information content (AvgIpc) is 2.38. The molecular weight excluding hydrogens is 228 g/mol. The van der Waals surface area contributed by atoms with Gasteiger partial charge >= 0.3 is 5.97 Å². The summed E-state index contributed by atoms with van der Waals surface area (Å²) in [6, 6.07) is 9.06. The lowest BCUT2D eigenvalue weighted by molar-refractivity contribution is -0.138. The number of carboxylic acid groups (broad SMARTS) is 1. The Morgan fingerprint density at radius 3 is 2.72 bits per heavy atom. The molecule has 0 bridgehead atoms. The number of hydrogen-bond donors (Lipinski definition) is 2. The highest BCUT2D eigenvalue weighted by molar-refractivity contribution is 5.82. The Balaban J connectivity index is 2.51. The number of carbonyl (C=O) groups is 1. The van der Waals surface area contributed by atoms with Gasteiger partial charge in [-0.15, -0.1) is 0 Å². The highest BCUT2D eigenvalue weighted by atomic mass is 16.4. The summed E-state index contributed by atoms with van der Waals surface area (Å²) in [4.78, 5) is 14.9. The van der Waals surface area contributed by atoms with Crippen molar-refractivity contribution in [1.29, 1.82) is 0 Å². The lowest BCUT2D eigenvalue weighted by atomic mass is 10.1. The van der Waals surface area contributed by atoms with Gasteiger partial charge in [0.1, 0.15) is 6.04 Å². The van der Waals surface area contributed by atoms with E-state index in [2.05, 4.69) is 4.99 Å². The molecule has 96 valence electrons. The Morgan fingerprint density at radius 2 is 2.11 bits per heavy atom. The van der Waals surface area contributed by atoms with Crippen LogP contribution in [0.4, 0.5) is 0 Å². The maximum atomic E-state index is 10.9. The van der Waals surface area contributed by atoms with Crippen LogP contribution in [0.5, 0.6) is 0 Å². The summed E-state index contributed by atoms with van der Waals surface area (Å²) >= 11 is 0. The Morgan fingerprint density at radius 1 is 1.39 bits per heavy atom. The molecule has 0 spiro atoms. The van der Waals surface area contributed by atoms with Crippen molar-refractivity contribution in [2.24, 2.45) is 10.7 Å². The van der Waals surface area contributed by atoms with Gasteiger partial charge in [0.2, 0.25) is 0 Å². The highest BCUT2D eigenvalue weighted by Crippen LogP contribution is 2.02. The molecular formula is C14H18N2O2. The summed E-state index contributed by atoms with van der Waals surface area (Å²) in [5.74, 6) is -0.909. The summed E-state index contributed by atoms with van der Waals surface area (Å²) in [5, 5.41) is 8.94. The van der Waals surface area contributed by atoms with Crippen LogP contribution in [-0.4, -0.2) is 29.9 Å². The quantitative estimate of drug-likeness (QED) is 0.722. The first kappa shape index (κ1) is 14.1. The SMILES string of the molecule is NCCCC(N=C/C=C/c1ccccc1)C(=O)O. The van der Waals surface area contributed by atoms with Gasteiger partial charge in [-0.3, -0.25) is 4.99 Å². The third-order valence-corrected chi connectivity index (χ3v) is 2.41. The van der Waals surface area contributed by atoms with Gasteiger partial charge < -0.3 is 10.8 Å². The van der Waals surface area contributed by atoms with Gasteiger partial charge in [0.15, 0.2) is 0 Å². The number of rotatable bonds is 7. The molecule has 0 amide bonds. The number of aliphatic carboxylic acids is 1. The van der Waals surface area contributed by atoms with Crippen molar-refractivity contribution in [2.75, 3.05) is 6.54 Å². The molecule has 18 heavy (non-hydrogen) atoms. The zero-order valence-electron chi connectivity index (χ0n) is 10.2. The number of benzene rings is 1. The molecule has 0 aliphatic rings. The molecule has 4 nitrogen and oxygen atoms in total. The first-order chi connectivity index (χ1) is 8.74. The van der Waals surface area contributed by atoms with Gasteiger partial charge in [0, 0.05) is 6.21 Å². The van der Waals surface area contributed by atoms with Crippen LogP contribution >= 0.6 is 0 Å². The van der Waals surface area contributed by atoms with Crippen LogP contribution in [0.3, 0.4) is 0 Å². The monoisotopic (exact) mass is 246 g/mol. The van der Waals surface area contributed by atoms with Crippen LogP contribution < -0.4 is 5.73 Å². The Hall–Kier alpha value is -1.94. The summed E-state index contributed by atoms with van der Waals surface area (Å²) in [5.41, 5.74) is 6.40. The minimum atomic E-state index is -0.909. The van der Waals surface area contributed by atoms with Crippen LogP contribution in [0.15, 0.2) is 41.4 Å². The molecule has 0 radical (unpaired) electrons. The van der Waals surface area contributed by atoms with E-state index in [0.29, 0.717) is 19.4 Å². The molecule has 0 heterocycles.